The number of fused-ring (bicyclic) bond motifs is 1. The molecule has 3 saturated heterocycles. The minimum atomic E-state index is -6.16. The first-order chi connectivity index (χ1) is 43.3. The van der Waals surface area contributed by atoms with Crippen LogP contribution in [0.3, 0.4) is 0 Å². The molecule has 6 amide bonds. The van der Waals surface area contributed by atoms with Gasteiger partial charge >= 0.3 is 5.51 Å². The molecule has 4 aliphatic heterocycles. The van der Waals surface area contributed by atoms with Gasteiger partial charge < -0.3 is 20.4 Å². The van der Waals surface area contributed by atoms with Gasteiger partial charge in [0.15, 0.2) is 0 Å². The summed E-state index contributed by atoms with van der Waals surface area (Å²) in [6, 6.07) is 21.2. The number of hydrogen-bond acceptors (Lipinski definition) is 16. The van der Waals surface area contributed by atoms with Crippen LogP contribution in [-0.4, -0.2) is 167 Å². The molecule has 91 heavy (non-hydrogen) atoms. The van der Waals surface area contributed by atoms with Crippen LogP contribution in [0.2, 0.25) is 0 Å². The van der Waals surface area contributed by atoms with Crippen LogP contribution in [0.15, 0.2) is 129 Å². The Morgan fingerprint density at radius 3 is 2.19 bits per heavy atom. The van der Waals surface area contributed by atoms with Crippen LogP contribution in [0.25, 0.3) is 0 Å². The van der Waals surface area contributed by atoms with Gasteiger partial charge in [-0.3, -0.25) is 48.8 Å². The van der Waals surface area contributed by atoms with Gasteiger partial charge in [0.1, 0.15) is 10.9 Å². The van der Waals surface area contributed by atoms with Gasteiger partial charge in [-0.05, 0) is 129 Å². The molecule has 0 saturated carbocycles. The Labute approximate surface area is 535 Å². The number of thioether (sulfide) groups is 1. The zero-order valence-corrected chi connectivity index (χ0v) is 54.3. The summed E-state index contributed by atoms with van der Waals surface area (Å²) in [4.78, 5) is 85.9. The number of nitrogens with zero attached hydrogens (tertiary/aromatic N) is 5. The molecule has 4 N–H and O–H groups in total. The van der Waals surface area contributed by atoms with E-state index in [1.54, 1.807) is 29.2 Å². The largest absolute Gasteiger partial charge is 0.501 e. The molecule has 4 heterocycles. The molecule has 25 heteroatoms. The molecule has 4 aromatic rings. The van der Waals surface area contributed by atoms with E-state index in [1.165, 1.54) is 46.7 Å². The van der Waals surface area contributed by atoms with Gasteiger partial charge in [0.05, 0.1) is 21.7 Å². The van der Waals surface area contributed by atoms with E-state index >= 15 is 0 Å². The average molecular weight is 1310 g/mol. The third-order valence-corrected chi connectivity index (χ3v) is 21.7. The van der Waals surface area contributed by atoms with Gasteiger partial charge in [0, 0.05) is 118 Å². The number of amides is 6. The third kappa shape index (κ3) is 17.0. The lowest BCUT2D eigenvalue weighted by Gasteiger charge is -2.39. The number of carbonyl (C=O) groups is 6. The summed E-state index contributed by atoms with van der Waals surface area (Å²) in [6.45, 7) is 18.1. The van der Waals surface area contributed by atoms with Crippen molar-refractivity contribution in [3.05, 3.63) is 131 Å². The number of sulfonamides is 1. The van der Waals surface area contributed by atoms with Crippen LogP contribution in [-0.2, 0) is 34.2 Å². The number of alkyl halides is 3. The minimum absolute atomic E-state index is 0.00797. The molecule has 0 bridgehead atoms. The minimum Gasteiger partial charge on any atom is -0.384 e. The molecular weight excluding hydrogens is 1230 g/mol. The van der Waals surface area contributed by atoms with Crippen molar-refractivity contribution in [1.29, 1.82) is 0 Å². The van der Waals surface area contributed by atoms with Crippen molar-refractivity contribution >= 4 is 84.1 Å². The summed E-state index contributed by atoms with van der Waals surface area (Å²) in [5.74, 6) is -3.07. The number of hydrogen-bond donors (Lipinski definition) is 4. The molecule has 3 fully saturated rings. The van der Waals surface area contributed by atoms with Crippen LogP contribution >= 0.6 is 11.8 Å². The molecule has 2 atom stereocenters. The highest BCUT2D eigenvalue weighted by molar-refractivity contribution is 7.99. The fourth-order valence-electron chi connectivity index (χ4n) is 12.5. The number of carbonyl (C=O) groups excluding carboxylic acids is 6. The van der Waals surface area contributed by atoms with Gasteiger partial charge in [-0.25, -0.2) is 21.6 Å². The van der Waals surface area contributed by atoms with Crippen LogP contribution in [0.4, 0.5) is 30.2 Å². The molecular formula is C66H82F3N9O10S3. The maximum Gasteiger partial charge on any atom is 0.501 e. The van der Waals surface area contributed by atoms with Crippen molar-refractivity contribution in [2.75, 3.05) is 93.3 Å². The number of nitrogens with one attached hydrogen (secondary N) is 4. The summed E-state index contributed by atoms with van der Waals surface area (Å²) >= 11 is 1.40. The van der Waals surface area contributed by atoms with Crippen LogP contribution in [0.1, 0.15) is 135 Å². The summed E-state index contributed by atoms with van der Waals surface area (Å²) in [5.41, 5.74) is -0.229. The van der Waals surface area contributed by atoms with E-state index in [2.05, 4.69) is 58.0 Å². The van der Waals surface area contributed by atoms with E-state index in [9.17, 15) is 58.8 Å². The number of unbranched alkanes of at least 4 members (excludes halogenated alkanes) is 3. The van der Waals surface area contributed by atoms with E-state index in [0.717, 1.165) is 105 Å². The topological polar surface area (TPSA) is 235 Å². The second-order valence-corrected chi connectivity index (χ2v) is 29.6. The molecule has 0 radical (unpaired) electrons. The maximum absolute atomic E-state index is 14.5. The van der Waals surface area contributed by atoms with Gasteiger partial charge in [-0.15, -0.1) is 11.8 Å². The van der Waals surface area contributed by atoms with E-state index < -0.39 is 82.5 Å². The van der Waals surface area contributed by atoms with E-state index in [-0.39, 0.29) is 46.6 Å². The normalized spacial score (nSPS) is 18.9. The second-order valence-electron chi connectivity index (χ2n) is 24.9. The quantitative estimate of drug-likeness (QED) is 0.0247. The first-order valence-electron chi connectivity index (χ1n) is 31.3. The monoisotopic (exact) mass is 1310 g/mol. The SMILES string of the molecule is C=C(CCC)C1=C(CN2CCN(c3ccc(C(=O)NS(=O)(=O)c4ccc(N[C@H](CCN5CCN(C(=O)CCCCCCNc6cccc7c6C(=O)N(C6CCC(=O)NC6=O)C7=O)CC5)CSc5ccccc5)c(S(=O)(=O)C(F)(F)F)c4)cc3)CC2)CCC(C)(C)C1. The number of imide groups is 2. The van der Waals surface area contributed by atoms with Crippen LogP contribution in [0.5, 0.6) is 0 Å². The number of benzene rings is 4. The van der Waals surface area contributed by atoms with Crippen molar-refractivity contribution < 1.29 is 58.8 Å². The third-order valence-electron chi connectivity index (χ3n) is 17.7. The highest BCUT2D eigenvalue weighted by Gasteiger charge is 2.49. The zero-order valence-electron chi connectivity index (χ0n) is 51.9. The summed E-state index contributed by atoms with van der Waals surface area (Å²) < 4.78 is 99.7. The first-order valence-corrected chi connectivity index (χ1v) is 35.3. The van der Waals surface area contributed by atoms with E-state index in [0.29, 0.717) is 76.7 Å². The Bertz CT molecular complexity index is 3630. The fraction of sp³-hybridized carbons (Fsp3) is 0.485. The average Bonchev–Trinajstić information content (AvgIpc) is 1.71. The Hall–Kier alpha value is -7.06. The maximum atomic E-state index is 14.5. The Balaban J connectivity index is 0.757. The summed E-state index contributed by atoms with van der Waals surface area (Å²) in [5, 5.41) is 8.46. The van der Waals surface area contributed by atoms with Crippen molar-refractivity contribution in [3.63, 3.8) is 0 Å². The van der Waals surface area contributed by atoms with Gasteiger partial charge in [0.2, 0.25) is 17.7 Å². The second kappa shape index (κ2) is 29.7. The highest BCUT2D eigenvalue weighted by atomic mass is 32.2. The number of rotatable bonds is 27. The Morgan fingerprint density at radius 1 is 0.791 bits per heavy atom. The zero-order chi connectivity index (χ0) is 65.3. The van der Waals surface area contributed by atoms with Gasteiger partial charge in [-0.1, -0.05) is 82.0 Å². The standard InChI is InChI=1S/C66H82F3N9O10S3/c1-5-14-45(2)53-42-65(3,4)30-28-47(53)43-75-35-37-76(38-36-75)49-22-20-46(21-23-49)61(81)73-91(87,88)51-24-25-54(57(41-51)90(85,86)66(67,68)69)71-48(44-89-50-15-9-8-10-16-50)29-32-74-33-39-77(40-34-74)59(80)19-11-6-7-12-31-70-55-18-13-17-52-60(55)64(84)78(63(52)83)56-26-27-58(79)72-62(56)82/h8-10,13,15-18,20-25,41,48,56,70-71H,2,5-7,11-12,14,19,26-40,42-44H2,1,3-4H3,(H,73,81)(H,72,79,82)/t48-,56?/m1/s1. The molecule has 9 rings (SSSR count). The van der Waals surface area contributed by atoms with Crippen LogP contribution in [0, 0.1) is 5.41 Å². The molecule has 5 aliphatic rings. The number of piperazine rings is 2. The Kier molecular flexibility index (Phi) is 22.3. The summed E-state index contributed by atoms with van der Waals surface area (Å²) in [6.07, 6.45) is 8.93. The lowest BCUT2D eigenvalue weighted by Crippen LogP contribution is -2.54. The number of sulfone groups is 1. The molecule has 4 aromatic carbocycles. The highest BCUT2D eigenvalue weighted by Crippen LogP contribution is 2.43. The predicted molar refractivity (Wildman–Crippen MR) is 345 cm³/mol. The van der Waals surface area contributed by atoms with Crippen molar-refractivity contribution in [3.8, 4) is 0 Å². The lowest BCUT2D eigenvalue weighted by atomic mass is 9.72. The molecule has 0 spiro atoms. The number of allylic oxidation sites excluding steroid dienone is 2. The lowest BCUT2D eigenvalue weighted by molar-refractivity contribution is -0.136. The molecule has 490 valence electrons. The number of halogens is 3. The number of anilines is 3. The van der Waals surface area contributed by atoms with Gasteiger partial charge in [0.25, 0.3) is 37.6 Å². The molecule has 19 nitrogen and oxygen atoms in total. The number of piperidine rings is 1. The molecule has 1 unspecified atom stereocenters. The van der Waals surface area contributed by atoms with Crippen molar-refractivity contribution in [2.45, 2.75) is 137 Å². The van der Waals surface area contributed by atoms with Crippen molar-refractivity contribution in [2.24, 2.45) is 5.41 Å². The van der Waals surface area contributed by atoms with Crippen molar-refractivity contribution in [1.82, 2.24) is 29.6 Å². The first kappa shape index (κ1) is 68.3. The molecule has 1 aliphatic carbocycles. The van der Waals surface area contributed by atoms with Crippen LogP contribution < -0.4 is 25.6 Å². The van der Waals surface area contributed by atoms with Gasteiger partial charge in [-0.2, -0.15) is 13.2 Å². The molecule has 0 aromatic heterocycles. The smallest absolute Gasteiger partial charge is 0.384 e. The fourth-order valence-corrected chi connectivity index (χ4v) is 15.5. The predicted octanol–water partition coefficient (Wildman–Crippen LogP) is 9.65. The summed E-state index contributed by atoms with van der Waals surface area (Å²) in [7, 11) is -11.1. The van der Waals surface area contributed by atoms with E-state index in [4.69, 9.17) is 0 Å². The Morgan fingerprint density at radius 2 is 1.49 bits per heavy atom. The van der Waals surface area contributed by atoms with E-state index in [1.807, 2.05) is 35.1 Å².